The van der Waals surface area contributed by atoms with Gasteiger partial charge in [-0.05, 0) is 36.8 Å². The standard InChI is InChI=1S/C16H15N3O3/c1-11-3-8-15(17-9-11)21-10-14-18-16(22-19-14)12-4-6-13(20-2)7-5-12/h3-9H,10H2,1-2H3. The second kappa shape index (κ2) is 6.26. The molecule has 22 heavy (non-hydrogen) atoms. The lowest BCUT2D eigenvalue weighted by molar-refractivity contribution is 0.276. The summed E-state index contributed by atoms with van der Waals surface area (Å²) in [7, 11) is 1.62. The molecule has 0 unspecified atom stereocenters. The molecule has 0 saturated carbocycles. The van der Waals surface area contributed by atoms with E-state index >= 15 is 0 Å². The molecule has 6 nitrogen and oxygen atoms in total. The Morgan fingerprint density at radius 3 is 2.59 bits per heavy atom. The van der Waals surface area contributed by atoms with E-state index in [0.29, 0.717) is 17.6 Å². The average Bonchev–Trinajstić information content (AvgIpc) is 3.03. The van der Waals surface area contributed by atoms with Crippen molar-refractivity contribution in [2.24, 2.45) is 0 Å². The summed E-state index contributed by atoms with van der Waals surface area (Å²) in [5.74, 6) is 2.21. The van der Waals surface area contributed by atoms with E-state index in [0.717, 1.165) is 16.9 Å². The summed E-state index contributed by atoms with van der Waals surface area (Å²) >= 11 is 0. The molecule has 6 heteroatoms. The number of rotatable bonds is 5. The largest absolute Gasteiger partial charge is 0.497 e. The van der Waals surface area contributed by atoms with Crippen molar-refractivity contribution in [3.63, 3.8) is 0 Å². The van der Waals surface area contributed by atoms with Crippen molar-refractivity contribution in [2.75, 3.05) is 7.11 Å². The van der Waals surface area contributed by atoms with Crippen LogP contribution < -0.4 is 9.47 Å². The summed E-state index contributed by atoms with van der Waals surface area (Å²) < 4.78 is 15.9. The number of benzene rings is 1. The second-order valence-electron chi connectivity index (χ2n) is 4.71. The van der Waals surface area contributed by atoms with Crippen LogP contribution in [0.1, 0.15) is 11.4 Å². The number of hydrogen-bond acceptors (Lipinski definition) is 6. The highest BCUT2D eigenvalue weighted by Gasteiger charge is 2.09. The van der Waals surface area contributed by atoms with Gasteiger partial charge in [0.2, 0.25) is 11.7 Å². The van der Waals surface area contributed by atoms with E-state index in [1.54, 1.807) is 19.4 Å². The van der Waals surface area contributed by atoms with Crippen molar-refractivity contribution in [2.45, 2.75) is 13.5 Å². The van der Waals surface area contributed by atoms with Gasteiger partial charge in [-0.25, -0.2) is 4.98 Å². The van der Waals surface area contributed by atoms with Crippen molar-refractivity contribution in [3.05, 3.63) is 54.0 Å². The van der Waals surface area contributed by atoms with Crippen molar-refractivity contribution in [3.8, 4) is 23.1 Å². The van der Waals surface area contributed by atoms with E-state index in [1.807, 2.05) is 37.3 Å². The van der Waals surface area contributed by atoms with E-state index in [9.17, 15) is 0 Å². The first kappa shape index (κ1) is 14.1. The number of nitrogens with zero attached hydrogens (tertiary/aromatic N) is 3. The van der Waals surface area contributed by atoms with Gasteiger partial charge in [0.15, 0.2) is 6.61 Å². The molecule has 0 fully saturated rings. The highest BCUT2D eigenvalue weighted by atomic mass is 16.5. The summed E-state index contributed by atoms with van der Waals surface area (Å²) in [6, 6.07) is 11.1. The van der Waals surface area contributed by atoms with Gasteiger partial charge in [0, 0.05) is 17.8 Å². The first-order valence-corrected chi connectivity index (χ1v) is 6.77. The minimum absolute atomic E-state index is 0.204. The molecule has 1 aromatic carbocycles. The molecule has 3 aromatic rings. The third-order valence-corrected chi connectivity index (χ3v) is 3.04. The predicted octanol–water partition coefficient (Wildman–Crippen LogP) is 3.03. The van der Waals surface area contributed by atoms with Crippen molar-refractivity contribution >= 4 is 0 Å². The molecule has 2 heterocycles. The minimum Gasteiger partial charge on any atom is -0.497 e. The summed E-state index contributed by atoms with van der Waals surface area (Å²) in [6.45, 7) is 2.17. The van der Waals surface area contributed by atoms with E-state index < -0.39 is 0 Å². The lowest BCUT2D eigenvalue weighted by atomic mass is 10.2. The fourth-order valence-electron chi connectivity index (χ4n) is 1.84. The number of aryl methyl sites for hydroxylation is 1. The van der Waals surface area contributed by atoms with Crippen LogP contribution >= 0.6 is 0 Å². The molecule has 0 radical (unpaired) electrons. The van der Waals surface area contributed by atoms with Crippen LogP contribution in [0.15, 0.2) is 47.1 Å². The number of methoxy groups -OCH3 is 1. The number of aromatic nitrogens is 3. The van der Waals surface area contributed by atoms with E-state index in [4.69, 9.17) is 14.0 Å². The first-order valence-electron chi connectivity index (χ1n) is 6.77. The van der Waals surface area contributed by atoms with Crippen molar-refractivity contribution in [1.82, 2.24) is 15.1 Å². The molecular weight excluding hydrogens is 282 g/mol. The zero-order chi connectivity index (χ0) is 15.4. The molecular formula is C16H15N3O3. The molecule has 2 aromatic heterocycles. The highest BCUT2D eigenvalue weighted by molar-refractivity contribution is 5.54. The first-order chi connectivity index (χ1) is 10.7. The van der Waals surface area contributed by atoms with Crippen LogP contribution in [-0.4, -0.2) is 22.2 Å². The summed E-state index contributed by atoms with van der Waals surface area (Å²) in [5.41, 5.74) is 1.90. The Labute approximate surface area is 127 Å². The monoisotopic (exact) mass is 297 g/mol. The Kier molecular flexibility index (Phi) is 4.00. The molecule has 0 saturated heterocycles. The molecule has 0 bridgehead atoms. The molecule has 0 amide bonds. The molecule has 0 N–H and O–H groups in total. The average molecular weight is 297 g/mol. The second-order valence-corrected chi connectivity index (χ2v) is 4.71. The fraction of sp³-hybridized carbons (Fsp3) is 0.188. The molecule has 0 atom stereocenters. The fourth-order valence-corrected chi connectivity index (χ4v) is 1.84. The number of ether oxygens (including phenoxy) is 2. The Bertz CT molecular complexity index is 736. The normalized spacial score (nSPS) is 10.5. The maximum atomic E-state index is 5.52. The smallest absolute Gasteiger partial charge is 0.258 e. The zero-order valence-electron chi connectivity index (χ0n) is 12.3. The maximum absolute atomic E-state index is 5.52. The Balaban J connectivity index is 1.66. The molecule has 112 valence electrons. The lowest BCUT2D eigenvalue weighted by Crippen LogP contribution is -1.99. The van der Waals surface area contributed by atoms with Crippen LogP contribution in [0.5, 0.6) is 11.6 Å². The van der Waals surface area contributed by atoms with Gasteiger partial charge in [-0.3, -0.25) is 0 Å². The van der Waals surface area contributed by atoms with Crippen LogP contribution in [-0.2, 0) is 6.61 Å². The Hall–Kier alpha value is -2.89. The molecule has 0 aliphatic rings. The summed E-state index contributed by atoms with van der Waals surface area (Å²) in [5, 5.41) is 3.90. The maximum Gasteiger partial charge on any atom is 0.258 e. The van der Waals surface area contributed by atoms with Gasteiger partial charge in [0.05, 0.1) is 7.11 Å². The minimum atomic E-state index is 0.204. The van der Waals surface area contributed by atoms with Gasteiger partial charge >= 0.3 is 0 Å². The van der Waals surface area contributed by atoms with Gasteiger partial charge in [-0.1, -0.05) is 11.2 Å². The van der Waals surface area contributed by atoms with Crippen molar-refractivity contribution < 1.29 is 14.0 Å². The molecule has 3 rings (SSSR count). The van der Waals surface area contributed by atoms with Crippen LogP contribution in [0, 0.1) is 6.92 Å². The van der Waals surface area contributed by atoms with Gasteiger partial charge in [0.25, 0.3) is 5.89 Å². The number of pyridine rings is 1. The molecule has 0 aliphatic carbocycles. The van der Waals surface area contributed by atoms with E-state index in [-0.39, 0.29) is 6.61 Å². The van der Waals surface area contributed by atoms with Gasteiger partial charge in [-0.15, -0.1) is 0 Å². The van der Waals surface area contributed by atoms with Gasteiger partial charge in [-0.2, -0.15) is 4.98 Å². The van der Waals surface area contributed by atoms with Gasteiger partial charge in [0.1, 0.15) is 5.75 Å². The lowest BCUT2D eigenvalue weighted by Gasteiger charge is -2.01. The molecule has 0 aliphatic heterocycles. The van der Waals surface area contributed by atoms with Crippen LogP contribution in [0.4, 0.5) is 0 Å². The third kappa shape index (κ3) is 3.22. The van der Waals surface area contributed by atoms with E-state index in [1.165, 1.54) is 0 Å². The SMILES string of the molecule is COc1ccc(-c2nc(COc3ccc(C)cn3)no2)cc1. The van der Waals surface area contributed by atoms with Crippen LogP contribution in [0.3, 0.4) is 0 Å². The summed E-state index contributed by atoms with van der Waals surface area (Å²) in [6.07, 6.45) is 1.74. The predicted molar refractivity (Wildman–Crippen MR) is 79.6 cm³/mol. The topological polar surface area (TPSA) is 70.3 Å². The van der Waals surface area contributed by atoms with Gasteiger partial charge < -0.3 is 14.0 Å². The Morgan fingerprint density at radius 2 is 1.91 bits per heavy atom. The Morgan fingerprint density at radius 1 is 1.09 bits per heavy atom. The van der Waals surface area contributed by atoms with Crippen molar-refractivity contribution in [1.29, 1.82) is 0 Å². The number of hydrogen-bond donors (Lipinski definition) is 0. The van der Waals surface area contributed by atoms with Crippen LogP contribution in [0.25, 0.3) is 11.5 Å². The quantitative estimate of drug-likeness (QED) is 0.721. The summed E-state index contributed by atoms with van der Waals surface area (Å²) in [4.78, 5) is 8.45. The zero-order valence-corrected chi connectivity index (χ0v) is 12.3. The molecule has 0 spiro atoms. The third-order valence-electron chi connectivity index (χ3n) is 3.04. The van der Waals surface area contributed by atoms with Crippen LogP contribution in [0.2, 0.25) is 0 Å². The highest BCUT2D eigenvalue weighted by Crippen LogP contribution is 2.21. The van der Waals surface area contributed by atoms with E-state index in [2.05, 4.69) is 15.1 Å².